The van der Waals surface area contributed by atoms with Crippen molar-refractivity contribution in [2.45, 2.75) is 25.8 Å². The van der Waals surface area contributed by atoms with E-state index in [0.717, 1.165) is 5.56 Å². The van der Waals surface area contributed by atoms with Crippen LogP contribution in [0.1, 0.15) is 31.1 Å². The molecule has 6 heteroatoms. The van der Waals surface area contributed by atoms with Gasteiger partial charge in [0.05, 0.1) is 12.6 Å². The quantitative estimate of drug-likeness (QED) is 0.876. The molecule has 2 heterocycles. The van der Waals surface area contributed by atoms with Crippen molar-refractivity contribution in [2.24, 2.45) is 5.73 Å². The molecule has 18 heavy (non-hydrogen) atoms. The molecule has 2 rings (SSSR count). The second-order valence-electron chi connectivity index (χ2n) is 4.62. The highest BCUT2D eigenvalue weighted by Gasteiger charge is 2.22. The molecule has 0 radical (unpaired) electrons. The number of ether oxygens (including phenoxy) is 1. The van der Waals surface area contributed by atoms with Gasteiger partial charge in [-0.05, 0) is 19.4 Å². The van der Waals surface area contributed by atoms with Gasteiger partial charge in [-0.3, -0.25) is 0 Å². The topological polar surface area (TPSA) is 87.1 Å². The Morgan fingerprint density at radius 3 is 2.67 bits per heavy atom. The van der Waals surface area contributed by atoms with E-state index in [-0.39, 0.29) is 0 Å². The van der Waals surface area contributed by atoms with Crippen LogP contribution in [0.2, 0.25) is 0 Å². The maximum atomic E-state index is 5.88. The zero-order valence-electron chi connectivity index (χ0n) is 10.7. The third-order valence-electron chi connectivity index (χ3n) is 2.39. The van der Waals surface area contributed by atoms with E-state index in [1.165, 1.54) is 0 Å². The summed E-state index contributed by atoms with van der Waals surface area (Å²) in [5, 5.41) is 3.90. The minimum absolute atomic E-state index is 0.430. The largest absolute Gasteiger partial charge is 0.481 e. The highest BCUT2D eigenvalue weighted by atomic mass is 16.5. The van der Waals surface area contributed by atoms with E-state index < -0.39 is 5.54 Å². The van der Waals surface area contributed by atoms with Gasteiger partial charge >= 0.3 is 0 Å². The Labute approximate surface area is 105 Å². The van der Waals surface area contributed by atoms with Gasteiger partial charge in [-0.2, -0.15) is 4.98 Å². The summed E-state index contributed by atoms with van der Waals surface area (Å²) < 4.78 is 10.1. The van der Waals surface area contributed by atoms with Crippen molar-refractivity contribution >= 4 is 0 Å². The van der Waals surface area contributed by atoms with Crippen molar-refractivity contribution in [3.63, 3.8) is 0 Å². The molecule has 2 N–H and O–H groups in total. The zero-order valence-corrected chi connectivity index (χ0v) is 10.7. The van der Waals surface area contributed by atoms with Crippen molar-refractivity contribution in [1.29, 1.82) is 0 Å². The molecule has 0 saturated carbocycles. The minimum atomic E-state index is -0.622. The van der Waals surface area contributed by atoms with Crippen LogP contribution in [0.15, 0.2) is 22.9 Å². The minimum Gasteiger partial charge on any atom is -0.481 e. The maximum Gasteiger partial charge on any atom is 0.246 e. The Balaban J connectivity index is 2.11. The van der Waals surface area contributed by atoms with Gasteiger partial charge in [0.25, 0.3) is 0 Å². The van der Waals surface area contributed by atoms with E-state index in [9.17, 15) is 0 Å². The van der Waals surface area contributed by atoms with Crippen molar-refractivity contribution in [1.82, 2.24) is 15.1 Å². The van der Waals surface area contributed by atoms with Crippen LogP contribution in [0.25, 0.3) is 0 Å². The van der Waals surface area contributed by atoms with Gasteiger partial charge in [0, 0.05) is 18.7 Å². The normalized spacial score (nSPS) is 11.6. The lowest BCUT2D eigenvalue weighted by Crippen LogP contribution is -2.29. The maximum absolute atomic E-state index is 5.88. The number of methoxy groups -OCH3 is 1. The summed E-state index contributed by atoms with van der Waals surface area (Å²) in [6.07, 6.45) is 2.28. The molecule has 0 aliphatic rings. The molecule has 6 nitrogen and oxygen atoms in total. The lowest BCUT2D eigenvalue weighted by atomic mass is 10.1. The predicted octanol–water partition coefficient (Wildman–Crippen LogP) is 1.26. The Bertz CT molecular complexity index is 514. The third-order valence-corrected chi connectivity index (χ3v) is 2.39. The standard InChI is InChI=1S/C12H16N4O2/c1-12(2,13)11-15-9(16-18-11)6-8-4-5-10(17-3)14-7-8/h4-5,7H,6,13H2,1-3H3. The highest BCUT2D eigenvalue weighted by molar-refractivity contribution is 5.20. The molecular formula is C12H16N4O2. The van der Waals surface area contributed by atoms with Crippen molar-refractivity contribution in [2.75, 3.05) is 7.11 Å². The smallest absolute Gasteiger partial charge is 0.246 e. The molecule has 0 bridgehead atoms. The van der Waals surface area contributed by atoms with E-state index >= 15 is 0 Å². The Hall–Kier alpha value is -1.95. The van der Waals surface area contributed by atoms with E-state index in [2.05, 4.69) is 15.1 Å². The van der Waals surface area contributed by atoms with E-state index in [0.29, 0.717) is 24.0 Å². The fourth-order valence-corrected chi connectivity index (χ4v) is 1.41. The lowest BCUT2D eigenvalue weighted by molar-refractivity contribution is 0.310. The first kappa shape index (κ1) is 12.5. The fraction of sp³-hybridized carbons (Fsp3) is 0.417. The number of rotatable bonds is 4. The van der Waals surface area contributed by atoms with Crippen molar-refractivity contribution in [3.8, 4) is 5.88 Å². The number of nitrogens with zero attached hydrogens (tertiary/aromatic N) is 3. The van der Waals surface area contributed by atoms with Crippen LogP contribution in [0.4, 0.5) is 0 Å². The number of hydrogen-bond donors (Lipinski definition) is 1. The van der Waals surface area contributed by atoms with Crippen molar-refractivity contribution in [3.05, 3.63) is 35.6 Å². The second kappa shape index (κ2) is 4.73. The molecule has 96 valence electrons. The van der Waals surface area contributed by atoms with E-state index in [1.54, 1.807) is 19.4 Å². The average molecular weight is 248 g/mol. The summed E-state index contributed by atoms with van der Waals surface area (Å²) in [7, 11) is 1.58. The molecule has 0 aliphatic heterocycles. The number of pyridine rings is 1. The zero-order chi connectivity index (χ0) is 13.2. The first-order valence-corrected chi connectivity index (χ1v) is 5.60. The first-order chi connectivity index (χ1) is 8.49. The summed E-state index contributed by atoms with van der Waals surface area (Å²) in [5.74, 6) is 1.60. The van der Waals surface area contributed by atoms with Gasteiger partial charge in [0.1, 0.15) is 0 Å². The molecule has 0 spiro atoms. The van der Waals surface area contributed by atoms with Crippen LogP contribution < -0.4 is 10.5 Å². The van der Waals surface area contributed by atoms with Crippen LogP contribution in [0.3, 0.4) is 0 Å². The van der Waals surface area contributed by atoms with Gasteiger partial charge in [0.15, 0.2) is 5.82 Å². The summed E-state index contributed by atoms with van der Waals surface area (Å²) in [4.78, 5) is 8.37. The molecule has 0 saturated heterocycles. The SMILES string of the molecule is COc1ccc(Cc2noc(C(C)(C)N)n2)cn1. The first-order valence-electron chi connectivity index (χ1n) is 5.60. The Morgan fingerprint density at radius 2 is 2.17 bits per heavy atom. The summed E-state index contributed by atoms with van der Waals surface area (Å²) >= 11 is 0. The molecule has 0 unspecified atom stereocenters. The molecule has 0 aromatic carbocycles. The van der Waals surface area contributed by atoms with Crippen LogP contribution in [-0.2, 0) is 12.0 Å². The molecule has 0 fully saturated rings. The molecule has 0 amide bonds. The third kappa shape index (κ3) is 2.84. The molecule has 2 aromatic heterocycles. The van der Waals surface area contributed by atoms with Gasteiger partial charge in [0.2, 0.25) is 11.8 Å². The number of nitrogens with two attached hydrogens (primary N) is 1. The van der Waals surface area contributed by atoms with Crippen molar-refractivity contribution < 1.29 is 9.26 Å². The molecular weight excluding hydrogens is 232 g/mol. The molecule has 0 atom stereocenters. The predicted molar refractivity (Wildman–Crippen MR) is 65.1 cm³/mol. The van der Waals surface area contributed by atoms with Crippen LogP contribution >= 0.6 is 0 Å². The summed E-state index contributed by atoms with van der Waals surface area (Å²) in [5.41, 5.74) is 6.24. The average Bonchev–Trinajstić information content (AvgIpc) is 2.78. The Kier molecular flexibility index (Phi) is 3.29. The van der Waals surface area contributed by atoms with Gasteiger partial charge in [-0.1, -0.05) is 11.2 Å². The Morgan fingerprint density at radius 1 is 1.39 bits per heavy atom. The lowest BCUT2D eigenvalue weighted by Gasteiger charge is -2.10. The van der Waals surface area contributed by atoms with Gasteiger partial charge < -0.3 is 15.0 Å². The monoisotopic (exact) mass is 248 g/mol. The second-order valence-corrected chi connectivity index (χ2v) is 4.62. The van der Waals surface area contributed by atoms with Gasteiger partial charge in [-0.15, -0.1) is 0 Å². The number of hydrogen-bond acceptors (Lipinski definition) is 6. The van der Waals surface area contributed by atoms with Crippen LogP contribution in [-0.4, -0.2) is 22.2 Å². The highest BCUT2D eigenvalue weighted by Crippen LogP contribution is 2.16. The van der Waals surface area contributed by atoms with Gasteiger partial charge in [-0.25, -0.2) is 4.98 Å². The van der Waals surface area contributed by atoms with E-state index in [1.807, 2.05) is 19.9 Å². The van der Waals surface area contributed by atoms with Crippen LogP contribution in [0, 0.1) is 0 Å². The molecule has 0 aliphatic carbocycles. The molecule has 2 aromatic rings. The summed E-state index contributed by atoms with van der Waals surface area (Å²) in [6.45, 7) is 3.64. The summed E-state index contributed by atoms with van der Waals surface area (Å²) in [6, 6.07) is 3.71. The van der Waals surface area contributed by atoms with Crippen LogP contribution in [0.5, 0.6) is 5.88 Å². The fourth-order valence-electron chi connectivity index (χ4n) is 1.41. The number of aromatic nitrogens is 3. The van der Waals surface area contributed by atoms with E-state index in [4.69, 9.17) is 15.0 Å².